The minimum atomic E-state index is -0.737. The number of furan rings is 1. The number of hydrogen-bond acceptors (Lipinski definition) is 4. The van der Waals surface area contributed by atoms with E-state index in [4.69, 9.17) is 9.52 Å². The van der Waals surface area contributed by atoms with E-state index in [1.54, 1.807) is 21.8 Å². The van der Waals surface area contributed by atoms with Crippen LogP contribution in [-0.2, 0) is 11.3 Å². The summed E-state index contributed by atoms with van der Waals surface area (Å²) in [6.07, 6.45) is 5.75. The number of likely N-dealkylation sites (tertiary alicyclic amines) is 1. The van der Waals surface area contributed by atoms with E-state index in [0.717, 1.165) is 6.42 Å². The van der Waals surface area contributed by atoms with Gasteiger partial charge in [-0.25, -0.2) is 0 Å². The number of piperidine rings is 1. The maximum absolute atomic E-state index is 12.6. The van der Waals surface area contributed by atoms with Crippen molar-refractivity contribution in [1.82, 2.24) is 14.7 Å². The number of fused-ring (bicyclic) bond motifs is 1. The second-order valence-corrected chi connectivity index (χ2v) is 6.24. The molecule has 1 aliphatic carbocycles. The molecule has 1 aliphatic heterocycles. The van der Waals surface area contributed by atoms with E-state index in [2.05, 4.69) is 5.10 Å². The van der Waals surface area contributed by atoms with E-state index in [1.165, 1.54) is 6.26 Å². The van der Waals surface area contributed by atoms with Gasteiger partial charge < -0.3 is 14.4 Å². The Hall–Kier alpha value is -2.57. The number of carbonyl (C=O) groups excluding carboxylic acids is 1. The fraction of sp³-hybridized carbons (Fsp3) is 0.438. The second-order valence-electron chi connectivity index (χ2n) is 6.24. The molecule has 2 aliphatic rings. The van der Waals surface area contributed by atoms with Crippen LogP contribution in [0.5, 0.6) is 0 Å². The van der Waals surface area contributed by atoms with Crippen LogP contribution in [0.2, 0.25) is 0 Å². The highest BCUT2D eigenvalue weighted by atomic mass is 16.4. The lowest BCUT2D eigenvalue weighted by Crippen LogP contribution is -2.36. The van der Waals surface area contributed by atoms with Crippen molar-refractivity contribution in [1.29, 1.82) is 0 Å². The minimum absolute atomic E-state index is 0.0880. The summed E-state index contributed by atoms with van der Waals surface area (Å²) in [6, 6.07) is 3.56. The summed E-state index contributed by atoms with van der Waals surface area (Å²) in [5.41, 5.74) is 0.512. The Bertz CT molecular complexity index is 736. The van der Waals surface area contributed by atoms with Crippen molar-refractivity contribution in [2.45, 2.75) is 13.0 Å². The standard InChI is InChI=1S/C16H17N3O4/c20-15(18-5-2-12-13(8-18)14(12)16(21)22)10-6-11(23-9-10)7-19-4-1-3-17-19/h1,3-4,6,9,12-14H,2,5,7-8H2,(H,21,22)/t12-,13+,14-/m1/s1. The van der Waals surface area contributed by atoms with Crippen LogP contribution in [0.4, 0.5) is 0 Å². The molecule has 1 N–H and O–H groups in total. The van der Waals surface area contributed by atoms with E-state index in [1.807, 2.05) is 12.3 Å². The highest BCUT2D eigenvalue weighted by Crippen LogP contribution is 2.51. The summed E-state index contributed by atoms with van der Waals surface area (Å²) in [5, 5.41) is 13.2. The van der Waals surface area contributed by atoms with Gasteiger partial charge in [0.1, 0.15) is 12.0 Å². The molecule has 0 radical (unpaired) electrons. The first-order valence-electron chi connectivity index (χ1n) is 7.70. The third kappa shape index (κ3) is 2.52. The van der Waals surface area contributed by atoms with E-state index in [9.17, 15) is 9.59 Å². The number of hydrogen-bond donors (Lipinski definition) is 1. The summed E-state index contributed by atoms with van der Waals surface area (Å²) < 4.78 is 7.17. The molecule has 4 rings (SSSR count). The van der Waals surface area contributed by atoms with Crippen LogP contribution in [0.1, 0.15) is 22.5 Å². The molecule has 7 nitrogen and oxygen atoms in total. The Balaban J connectivity index is 1.42. The molecular weight excluding hydrogens is 298 g/mol. The number of aromatic nitrogens is 2. The van der Waals surface area contributed by atoms with Crippen LogP contribution >= 0.6 is 0 Å². The van der Waals surface area contributed by atoms with Gasteiger partial charge >= 0.3 is 5.97 Å². The second kappa shape index (κ2) is 5.26. The Kier molecular flexibility index (Phi) is 3.21. The first-order chi connectivity index (χ1) is 11.1. The van der Waals surface area contributed by atoms with Crippen LogP contribution in [0.15, 0.2) is 35.2 Å². The third-order valence-electron chi connectivity index (χ3n) is 4.85. The highest BCUT2D eigenvalue weighted by molar-refractivity contribution is 5.94. The van der Waals surface area contributed by atoms with Crippen LogP contribution in [-0.4, -0.2) is 44.8 Å². The topological polar surface area (TPSA) is 88.6 Å². The molecule has 2 aromatic heterocycles. The lowest BCUT2D eigenvalue weighted by atomic mass is 10.1. The molecular formula is C16H17N3O4. The van der Waals surface area contributed by atoms with Gasteiger partial charge in [-0.1, -0.05) is 0 Å². The number of carboxylic acid groups (broad SMARTS) is 1. The lowest BCUT2D eigenvalue weighted by Gasteiger charge is -2.25. The molecule has 3 heterocycles. The molecule has 0 aromatic carbocycles. The summed E-state index contributed by atoms with van der Waals surface area (Å²) in [7, 11) is 0. The van der Waals surface area contributed by atoms with E-state index in [-0.39, 0.29) is 23.7 Å². The summed E-state index contributed by atoms with van der Waals surface area (Å²) in [5.74, 6) is -0.0692. The third-order valence-corrected chi connectivity index (χ3v) is 4.85. The smallest absolute Gasteiger partial charge is 0.307 e. The van der Waals surface area contributed by atoms with Crippen molar-refractivity contribution in [3.8, 4) is 0 Å². The maximum atomic E-state index is 12.6. The van der Waals surface area contributed by atoms with Gasteiger partial charge in [-0.05, 0) is 30.4 Å². The normalized spacial score (nSPS) is 25.9. The van der Waals surface area contributed by atoms with Crippen molar-refractivity contribution < 1.29 is 19.1 Å². The van der Waals surface area contributed by atoms with Gasteiger partial charge in [0.05, 0.1) is 18.0 Å². The van der Waals surface area contributed by atoms with Gasteiger partial charge in [0.2, 0.25) is 0 Å². The Morgan fingerprint density at radius 1 is 1.39 bits per heavy atom. The fourth-order valence-electron chi connectivity index (χ4n) is 3.60. The predicted octanol–water partition coefficient (Wildman–Crippen LogP) is 1.32. The Labute approximate surface area is 132 Å². The average Bonchev–Trinajstić information content (AvgIpc) is 2.89. The first-order valence-corrected chi connectivity index (χ1v) is 7.70. The van der Waals surface area contributed by atoms with Crippen molar-refractivity contribution >= 4 is 11.9 Å². The van der Waals surface area contributed by atoms with Crippen LogP contribution in [0.25, 0.3) is 0 Å². The van der Waals surface area contributed by atoms with Gasteiger partial charge in [-0.2, -0.15) is 5.10 Å². The van der Waals surface area contributed by atoms with E-state index in [0.29, 0.717) is 31.0 Å². The summed E-state index contributed by atoms with van der Waals surface area (Å²) in [6.45, 7) is 1.62. The number of carboxylic acids is 1. The summed E-state index contributed by atoms with van der Waals surface area (Å²) >= 11 is 0. The quantitative estimate of drug-likeness (QED) is 0.919. The van der Waals surface area contributed by atoms with Crippen molar-refractivity contribution in [3.05, 3.63) is 42.1 Å². The predicted molar refractivity (Wildman–Crippen MR) is 78.7 cm³/mol. The largest absolute Gasteiger partial charge is 0.481 e. The van der Waals surface area contributed by atoms with Gasteiger partial charge in [0.25, 0.3) is 5.91 Å². The molecule has 0 bridgehead atoms. The van der Waals surface area contributed by atoms with Crippen molar-refractivity contribution in [2.75, 3.05) is 13.1 Å². The molecule has 1 saturated carbocycles. The first kappa shape index (κ1) is 14.0. The minimum Gasteiger partial charge on any atom is -0.481 e. The molecule has 7 heteroatoms. The van der Waals surface area contributed by atoms with Gasteiger partial charge in [0, 0.05) is 25.5 Å². The maximum Gasteiger partial charge on any atom is 0.307 e. The van der Waals surface area contributed by atoms with Crippen molar-refractivity contribution in [3.63, 3.8) is 0 Å². The van der Waals surface area contributed by atoms with Gasteiger partial charge in [-0.3, -0.25) is 14.3 Å². The molecule has 23 heavy (non-hydrogen) atoms. The monoisotopic (exact) mass is 315 g/mol. The van der Waals surface area contributed by atoms with Crippen LogP contribution in [0.3, 0.4) is 0 Å². The number of nitrogens with zero attached hydrogens (tertiary/aromatic N) is 3. The number of carbonyl (C=O) groups is 2. The lowest BCUT2D eigenvalue weighted by molar-refractivity contribution is -0.139. The van der Waals surface area contributed by atoms with Gasteiger partial charge in [0.15, 0.2) is 0 Å². The molecule has 1 saturated heterocycles. The Morgan fingerprint density at radius 2 is 2.26 bits per heavy atom. The molecule has 3 atom stereocenters. The zero-order valence-electron chi connectivity index (χ0n) is 12.5. The fourth-order valence-corrected chi connectivity index (χ4v) is 3.60. The zero-order valence-corrected chi connectivity index (χ0v) is 12.5. The molecule has 1 amide bonds. The molecule has 0 spiro atoms. The molecule has 120 valence electrons. The zero-order chi connectivity index (χ0) is 16.0. The molecule has 2 aromatic rings. The number of amides is 1. The van der Waals surface area contributed by atoms with E-state index >= 15 is 0 Å². The Morgan fingerprint density at radius 3 is 3.00 bits per heavy atom. The number of aliphatic carboxylic acids is 1. The van der Waals surface area contributed by atoms with Crippen molar-refractivity contribution in [2.24, 2.45) is 17.8 Å². The van der Waals surface area contributed by atoms with E-state index < -0.39 is 5.97 Å². The van der Waals surface area contributed by atoms with Crippen LogP contribution < -0.4 is 0 Å². The number of rotatable bonds is 4. The SMILES string of the molecule is O=C(O)[C@@H]1[C@@H]2CCN(C(=O)c3coc(Cn4cccn4)c3)C[C@@H]21. The highest BCUT2D eigenvalue weighted by Gasteiger charge is 2.57. The summed E-state index contributed by atoms with van der Waals surface area (Å²) in [4.78, 5) is 25.4. The average molecular weight is 315 g/mol. The van der Waals surface area contributed by atoms with Crippen LogP contribution in [0, 0.1) is 17.8 Å². The molecule has 2 fully saturated rings. The van der Waals surface area contributed by atoms with Gasteiger partial charge in [-0.15, -0.1) is 0 Å². The molecule has 0 unspecified atom stereocenters.